The summed E-state index contributed by atoms with van der Waals surface area (Å²) in [4.78, 5) is 13.2. The number of halogens is 1. The standard InChI is InChI=1S/C17H28N2OS.ClH/c20-17(19-12-10-15-6-4-11-18-14-15)9-3-1-2-7-16-8-5-13-21-16;/h5,8,13,15,18H,1-4,6-7,9-12,14H2,(H,19,20);1H. The molecule has 1 aliphatic heterocycles. The average Bonchev–Trinajstić information content (AvgIpc) is 3.01. The minimum atomic E-state index is 0. The summed E-state index contributed by atoms with van der Waals surface area (Å²) in [6.07, 6.45) is 8.93. The van der Waals surface area contributed by atoms with E-state index in [1.807, 2.05) is 11.3 Å². The Bertz CT molecular complexity index is 391. The minimum absolute atomic E-state index is 0. The Kier molecular flexibility index (Phi) is 10.5. The summed E-state index contributed by atoms with van der Waals surface area (Å²) in [5.41, 5.74) is 0. The quantitative estimate of drug-likeness (QED) is 0.669. The number of rotatable bonds is 9. The first-order valence-corrected chi connectivity index (χ1v) is 9.22. The number of hydrogen-bond acceptors (Lipinski definition) is 3. The number of hydrogen-bond donors (Lipinski definition) is 2. The van der Waals surface area contributed by atoms with Crippen LogP contribution in [0.4, 0.5) is 0 Å². The zero-order valence-corrected chi connectivity index (χ0v) is 14.9. The van der Waals surface area contributed by atoms with E-state index >= 15 is 0 Å². The van der Waals surface area contributed by atoms with Crippen LogP contribution in [0.2, 0.25) is 0 Å². The summed E-state index contributed by atoms with van der Waals surface area (Å²) in [6, 6.07) is 4.30. The van der Waals surface area contributed by atoms with Crippen molar-refractivity contribution in [2.45, 2.75) is 51.4 Å². The van der Waals surface area contributed by atoms with Crippen LogP contribution in [0.1, 0.15) is 49.8 Å². The van der Waals surface area contributed by atoms with Crippen molar-refractivity contribution < 1.29 is 4.79 Å². The van der Waals surface area contributed by atoms with E-state index in [-0.39, 0.29) is 18.3 Å². The number of carbonyl (C=O) groups is 1. The zero-order chi connectivity index (χ0) is 14.8. The Morgan fingerprint density at radius 2 is 2.27 bits per heavy atom. The van der Waals surface area contributed by atoms with E-state index in [1.165, 1.54) is 24.1 Å². The van der Waals surface area contributed by atoms with E-state index in [0.717, 1.165) is 51.2 Å². The van der Waals surface area contributed by atoms with Crippen molar-refractivity contribution in [2.24, 2.45) is 5.92 Å². The number of amides is 1. The van der Waals surface area contributed by atoms with Crippen molar-refractivity contribution in [3.8, 4) is 0 Å². The molecule has 1 saturated heterocycles. The number of unbranched alkanes of at least 4 members (excludes halogenated alkanes) is 2. The molecule has 0 aromatic carbocycles. The largest absolute Gasteiger partial charge is 0.356 e. The van der Waals surface area contributed by atoms with Crippen molar-refractivity contribution in [3.05, 3.63) is 22.4 Å². The molecule has 0 bridgehead atoms. The highest BCUT2D eigenvalue weighted by Gasteiger charge is 2.12. The van der Waals surface area contributed by atoms with Gasteiger partial charge in [-0.2, -0.15) is 0 Å². The van der Waals surface area contributed by atoms with Crippen LogP contribution >= 0.6 is 23.7 Å². The monoisotopic (exact) mass is 344 g/mol. The molecular weight excluding hydrogens is 316 g/mol. The molecule has 2 heterocycles. The first kappa shape index (κ1) is 19.5. The number of nitrogens with one attached hydrogen (secondary N) is 2. The van der Waals surface area contributed by atoms with Gasteiger partial charge in [0.15, 0.2) is 0 Å². The van der Waals surface area contributed by atoms with Crippen molar-refractivity contribution in [3.63, 3.8) is 0 Å². The van der Waals surface area contributed by atoms with Gasteiger partial charge in [0, 0.05) is 17.8 Å². The van der Waals surface area contributed by atoms with Crippen molar-refractivity contribution in [1.29, 1.82) is 0 Å². The third kappa shape index (κ3) is 8.16. The van der Waals surface area contributed by atoms with Crippen LogP contribution in [0.25, 0.3) is 0 Å². The van der Waals surface area contributed by atoms with Crippen molar-refractivity contribution >= 4 is 29.7 Å². The van der Waals surface area contributed by atoms with Gasteiger partial charge in [-0.15, -0.1) is 23.7 Å². The summed E-state index contributed by atoms with van der Waals surface area (Å²) in [7, 11) is 0. The molecule has 0 spiro atoms. The molecule has 1 aromatic rings. The molecule has 2 N–H and O–H groups in total. The fourth-order valence-corrected chi connectivity index (χ4v) is 3.64. The van der Waals surface area contributed by atoms with E-state index < -0.39 is 0 Å². The van der Waals surface area contributed by atoms with Gasteiger partial charge in [-0.05, 0) is 69.0 Å². The van der Waals surface area contributed by atoms with Gasteiger partial charge in [0.25, 0.3) is 0 Å². The summed E-state index contributed by atoms with van der Waals surface area (Å²) in [5.74, 6) is 0.986. The van der Waals surface area contributed by atoms with Crippen LogP contribution < -0.4 is 10.6 Å². The summed E-state index contributed by atoms with van der Waals surface area (Å²) >= 11 is 1.83. The number of carbonyl (C=O) groups excluding carboxylic acids is 1. The molecule has 1 amide bonds. The normalized spacial score (nSPS) is 17.7. The van der Waals surface area contributed by atoms with Crippen LogP contribution in [-0.4, -0.2) is 25.5 Å². The molecule has 0 saturated carbocycles. The highest BCUT2D eigenvalue weighted by Crippen LogP contribution is 2.14. The lowest BCUT2D eigenvalue weighted by molar-refractivity contribution is -0.121. The van der Waals surface area contributed by atoms with Crippen LogP contribution in [0.5, 0.6) is 0 Å². The predicted octanol–water partition coefficient (Wildman–Crippen LogP) is 3.78. The lowest BCUT2D eigenvalue weighted by Crippen LogP contribution is -2.33. The van der Waals surface area contributed by atoms with E-state index in [0.29, 0.717) is 6.42 Å². The van der Waals surface area contributed by atoms with E-state index in [4.69, 9.17) is 0 Å². The Morgan fingerprint density at radius 1 is 1.36 bits per heavy atom. The molecule has 0 aliphatic carbocycles. The number of thiophene rings is 1. The Hall–Kier alpha value is -0.580. The van der Waals surface area contributed by atoms with Crippen LogP contribution in [0, 0.1) is 5.92 Å². The van der Waals surface area contributed by atoms with Gasteiger partial charge in [0.2, 0.25) is 5.91 Å². The third-order valence-electron chi connectivity index (χ3n) is 4.18. The van der Waals surface area contributed by atoms with E-state index in [1.54, 1.807) is 0 Å². The second-order valence-electron chi connectivity index (χ2n) is 5.99. The minimum Gasteiger partial charge on any atom is -0.356 e. The second-order valence-corrected chi connectivity index (χ2v) is 7.02. The van der Waals surface area contributed by atoms with Gasteiger partial charge >= 0.3 is 0 Å². The highest BCUT2D eigenvalue weighted by atomic mass is 35.5. The first-order valence-electron chi connectivity index (χ1n) is 8.34. The summed E-state index contributed by atoms with van der Waals surface area (Å²) < 4.78 is 0. The predicted molar refractivity (Wildman–Crippen MR) is 97.0 cm³/mol. The lowest BCUT2D eigenvalue weighted by atomic mass is 9.96. The molecule has 126 valence electrons. The Balaban J connectivity index is 0.00000242. The molecule has 1 unspecified atom stereocenters. The van der Waals surface area contributed by atoms with Crippen LogP contribution in [-0.2, 0) is 11.2 Å². The molecule has 1 aliphatic rings. The molecule has 0 radical (unpaired) electrons. The summed E-state index contributed by atoms with van der Waals surface area (Å²) in [6.45, 7) is 3.13. The molecule has 2 rings (SSSR count). The SMILES string of the molecule is Cl.O=C(CCCCCc1cccs1)NCCC1CCCNC1. The van der Waals surface area contributed by atoms with Crippen LogP contribution in [0.3, 0.4) is 0 Å². The van der Waals surface area contributed by atoms with Crippen molar-refractivity contribution in [1.82, 2.24) is 10.6 Å². The maximum absolute atomic E-state index is 11.8. The molecule has 22 heavy (non-hydrogen) atoms. The molecule has 5 heteroatoms. The molecule has 1 atom stereocenters. The Morgan fingerprint density at radius 3 is 3.00 bits per heavy atom. The fraction of sp³-hybridized carbons (Fsp3) is 0.706. The maximum Gasteiger partial charge on any atom is 0.219 e. The van der Waals surface area contributed by atoms with E-state index in [2.05, 4.69) is 28.1 Å². The van der Waals surface area contributed by atoms with Gasteiger partial charge in [0.1, 0.15) is 0 Å². The molecule has 1 aromatic heterocycles. The van der Waals surface area contributed by atoms with E-state index in [9.17, 15) is 4.79 Å². The third-order valence-corrected chi connectivity index (χ3v) is 5.12. The second kappa shape index (κ2) is 11.9. The molecule has 3 nitrogen and oxygen atoms in total. The highest BCUT2D eigenvalue weighted by molar-refractivity contribution is 7.09. The zero-order valence-electron chi connectivity index (χ0n) is 13.3. The van der Waals surface area contributed by atoms with Gasteiger partial charge in [-0.3, -0.25) is 4.79 Å². The van der Waals surface area contributed by atoms with Gasteiger partial charge < -0.3 is 10.6 Å². The average molecular weight is 345 g/mol. The molecule has 1 fully saturated rings. The van der Waals surface area contributed by atoms with Crippen LogP contribution in [0.15, 0.2) is 17.5 Å². The molecular formula is C17H29ClN2OS. The maximum atomic E-state index is 11.8. The Labute approximate surface area is 144 Å². The first-order chi connectivity index (χ1) is 10.3. The smallest absolute Gasteiger partial charge is 0.219 e. The van der Waals surface area contributed by atoms with Gasteiger partial charge in [-0.1, -0.05) is 12.5 Å². The van der Waals surface area contributed by atoms with Crippen molar-refractivity contribution in [2.75, 3.05) is 19.6 Å². The lowest BCUT2D eigenvalue weighted by Gasteiger charge is -2.22. The van der Waals surface area contributed by atoms with Gasteiger partial charge in [0.05, 0.1) is 0 Å². The topological polar surface area (TPSA) is 41.1 Å². The van der Waals surface area contributed by atoms with Gasteiger partial charge in [-0.25, -0.2) is 0 Å². The number of piperidine rings is 1. The summed E-state index contributed by atoms with van der Waals surface area (Å²) in [5, 5.41) is 8.62. The fourth-order valence-electron chi connectivity index (χ4n) is 2.89. The number of aryl methyl sites for hydroxylation is 1.